The molecule has 1 aliphatic carbocycles. The van der Waals surface area contributed by atoms with Gasteiger partial charge in [-0.05, 0) is 80.4 Å². The number of nitrogens with one attached hydrogen (secondary N) is 1. The standard InChI is InChI=1S/C35H45N5O4S/c1-37(2)45(43,44)36-34(41)27-16-17-30-31(20-27)40-23-28(35(42)39(4)22-24-11-10-18-38(3)21-24)19-26-14-8-9-15-29(26)33(40)32(30)25-12-6-5-7-13-25/h8-9,14-17,19-20,24-25H,5-7,10-13,18,21-23H2,1-4H3,(H,36,41). The van der Waals surface area contributed by atoms with Gasteiger partial charge in [0, 0.05) is 61.8 Å². The highest BCUT2D eigenvalue weighted by Gasteiger charge is 2.32. The monoisotopic (exact) mass is 631 g/mol. The van der Waals surface area contributed by atoms with Crippen LogP contribution >= 0.6 is 0 Å². The summed E-state index contributed by atoms with van der Waals surface area (Å²) >= 11 is 0. The Morgan fingerprint density at radius 1 is 0.978 bits per heavy atom. The lowest BCUT2D eigenvalue weighted by Crippen LogP contribution is -2.40. The first-order chi connectivity index (χ1) is 21.5. The van der Waals surface area contributed by atoms with Gasteiger partial charge in [-0.1, -0.05) is 49.6 Å². The number of rotatable bonds is 7. The Labute approximate surface area is 267 Å². The zero-order valence-electron chi connectivity index (χ0n) is 26.9. The maximum atomic E-state index is 14.2. The molecule has 2 fully saturated rings. The van der Waals surface area contributed by atoms with E-state index in [0.717, 1.165) is 70.8 Å². The van der Waals surface area contributed by atoms with Crippen LogP contribution in [0, 0.1) is 5.92 Å². The maximum Gasteiger partial charge on any atom is 0.303 e. The molecular formula is C35H45N5O4S. The summed E-state index contributed by atoms with van der Waals surface area (Å²) in [5, 5.41) is 1.06. The van der Waals surface area contributed by atoms with E-state index in [1.807, 2.05) is 36.2 Å². The van der Waals surface area contributed by atoms with Gasteiger partial charge in [0.1, 0.15) is 0 Å². The van der Waals surface area contributed by atoms with Gasteiger partial charge in [0.25, 0.3) is 11.8 Å². The summed E-state index contributed by atoms with van der Waals surface area (Å²) in [4.78, 5) is 31.6. The van der Waals surface area contributed by atoms with E-state index in [9.17, 15) is 18.0 Å². The molecule has 3 aromatic rings. The lowest BCUT2D eigenvalue weighted by Gasteiger charge is -2.32. The highest BCUT2D eigenvalue weighted by Crippen LogP contribution is 2.46. The van der Waals surface area contributed by atoms with Crippen LogP contribution in [0.25, 0.3) is 28.2 Å². The summed E-state index contributed by atoms with van der Waals surface area (Å²) in [6.07, 6.45) is 10.1. The van der Waals surface area contributed by atoms with Crippen molar-refractivity contribution in [3.05, 3.63) is 64.7 Å². The molecule has 10 heteroatoms. The van der Waals surface area contributed by atoms with E-state index in [1.54, 1.807) is 12.1 Å². The SMILES string of the molecule is CN1CCCC(CN(C)C(=O)C2=Cc3ccccc3-c3c(C4CCCCC4)c4ccc(C(=O)NS(=O)(=O)N(C)C)cc4n3C2)C1. The molecule has 0 bridgehead atoms. The molecule has 0 spiro atoms. The zero-order chi connectivity index (χ0) is 31.9. The first kappa shape index (κ1) is 31.5. The molecule has 1 saturated heterocycles. The molecule has 2 amide bonds. The molecule has 45 heavy (non-hydrogen) atoms. The smallest absolute Gasteiger partial charge is 0.303 e. The highest BCUT2D eigenvalue weighted by molar-refractivity contribution is 7.87. The average Bonchev–Trinajstić information content (AvgIpc) is 3.23. The van der Waals surface area contributed by atoms with E-state index < -0.39 is 16.1 Å². The summed E-state index contributed by atoms with van der Waals surface area (Å²) in [7, 11) is 2.86. The summed E-state index contributed by atoms with van der Waals surface area (Å²) < 4.78 is 30.3. The largest absolute Gasteiger partial charge is 0.342 e. The third kappa shape index (κ3) is 6.33. The quantitative estimate of drug-likeness (QED) is 0.392. The minimum Gasteiger partial charge on any atom is -0.342 e. The van der Waals surface area contributed by atoms with Gasteiger partial charge in [-0.15, -0.1) is 0 Å². The average molecular weight is 632 g/mol. The fraction of sp³-hybridized carbons (Fsp3) is 0.486. The number of carbonyl (C=O) groups is 2. The molecule has 2 aromatic carbocycles. The van der Waals surface area contributed by atoms with Crippen LogP contribution in [0.2, 0.25) is 0 Å². The number of hydrogen-bond acceptors (Lipinski definition) is 5. The van der Waals surface area contributed by atoms with E-state index >= 15 is 0 Å². The number of carbonyl (C=O) groups excluding carboxylic acids is 2. The predicted molar refractivity (Wildman–Crippen MR) is 179 cm³/mol. The normalized spacial score (nSPS) is 19.5. The summed E-state index contributed by atoms with van der Waals surface area (Å²) in [5.41, 5.74) is 6.26. The number of aromatic nitrogens is 1. The summed E-state index contributed by atoms with van der Waals surface area (Å²) in [6, 6.07) is 13.8. The minimum absolute atomic E-state index is 0.0120. The van der Waals surface area contributed by atoms with Crippen LogP contribution in [0.4, 0.5) is 0 Å². The van der Waals surface area contributed by atoms with Crippen LogP contribution in [-0.2, 0) is 21.5 Å². The zero-order valence-corrected chi connectivity index (χ0v) is 27.7. The van der Waals surface area contributed by atoms with Crippen LogP contribution in [0.15, 0.2) is 48.0 Å². The fourth-order valence-corrected chi connectivity index (χ4v) is 8.09. The summed E-state index contributed by atoms with van der Waals surface area (Å²) in [6.45, 7) is 3.16. The molecule has 3 aliphatic rings. The second kappa shape index (κ2) is 12.7. The molecule has 9 nitrogen and oxygen atoms in total. The molecule has 240 valence electrons. The molecule has 1 unspecified atom stereocenters. The van der Waals surface area contributed by atoms with Crippen LogP contribution < -0.4 is 4.72 Å². The number of amides is 2. The van der Waals surface area contributed by atoms with Crippen molar-refractivity contribution in [2.45, 2.75) is 57.4 Å². The van der Waals surface area contributed by atoms with E-state index in [4.69, 9.17) is 0 Å². The van der Waals surface area contributed by atoms with Crippen molar-refractivity contribution in [3.8, 4) is 11.3 Å². The van der Waals surface area contributed by atoms with Gasteiger partial charge in [0.15, 0.2) is 0 Å². The van der Waals surface area contributed by atoms with Crippen molar-refractivity contribution in [1.29, 1.82) is 0 Å². The first-order valence-electron chi connectivity index (χ1n) is 16.2. The Kier molecular flexibility index (Phi) is 8.91. The minimum atomic E-state index is -3.95. The molecular weight excluding hydrogens is 586 g/mol. The molecule has 0 radical (unpaired) electrons. The van der Waals surface area contributed by atoms with Gasteiger partial charge < -0.3 is 14.4 Å². The van der Waals surface area contributed by atoms with E-state index in [-0.39, 0.29) is 11.5 Å². The molecule has 1 N–H and O–H groups in total. The Bertz CT molecular complexity index is 1750. The van der Waals surface area contributed by atoms with Crippen LogP contribution in [0.5, 0.6) is 0 Å². The molecule has 3 heterocycles. The molecule has 1 saturated carbocycles. The van der Waals surface area contributed by atoms with Crippen molar-refractivity contribution in [3.63, 3.8) is 0 Å². The van der Waals surface area contributed by atoms with Crippen molar-refractivity contribution in [1.82, 2.24) is 23.4 Å². The molecule has 1 atom stereocenters. The van der Waals surface area contributed by atoms with E-state index in [2.05, 4.69) is 33.4 Å². The van der Waals surface area contributed by atoms with E-state index in [0.29, 0.717) is 30.5 Å². The van der Waals surface area contributed by atoms with Gasteiger partial charge in [0.05, 0.1) is 12.2 Å². The van der Waals surface area contributed by atoms with Crippen molar-refractivity contribution >= 4 is 39.0 Å². The van der Waals surface area contributed by atoms with Crippen molar-refractivity contribution in [2.75, 3.05) is 47.8 Å². The lowest BCUT2D eigenvalue weighted by atomic mass is 9.81. The first-order valence-corrected chi connectivity index (χ1v) is 17.6. The number of hydrogen-bond donors (Lipinski definition) is 1. The van der Waals surface area contributed by atoms with Crippen LogP contribution in [0.1, 0.15) is 72.3 Å². The molecule has 2 aliphatic heterocycles. The highest BCUT2D eigenvalue weighted by atomic mass is 32.2. The van der Waals surface area contributed by atoms with Gasteiger partial charge in [-0.25, -0.2) is 4.72 Å². The van der Waals surface area contributed by atoms with Crippen molar-refractivity contribution < 1.29 is 18.0 Å². The van der Waals surface area contributed by atoms with E-state index in [1.165, 1.54) is 38.9 Å². The Morgan fingerprint density at radius 2 is 1.73 bits per heavy atom. The molecule has 1 aromatic heterocycles. The van der Waals surface area contributed by atoms with Crippen LogP contribution in [0.3, 0.4) is 0 Å². The third-order valence-corrected chi connectivity index (χ3v) is 11.2. The summed E-state index contributed by atoms with van der Waals surface area (Å²) in [5.74, 6) is 0.135. The predicted octanol–water partition coefficient (Wildman–Crippen LogP) is 5.09. The second-order valence-corrected chi connectivity index (χ2v) is 15.2. The van der Waals surface area contributed by atoms with Gasteiger partial charge in [0.2, 0.25) is 0 Å². The Morgan fingerprint density at radius 3 is 2.47 bits per heavy atom. The van der Waals surface area contributed by atoms with Gasteiger partial charge in [-0.3, -0.25) is 9.59 Å². The Balaban J connectivity index is 1.46. The van der Waals surface area contributed by atoms with Gasteiger partial charge >= 0.3 is 10.2 Å². The van der Waals surface area contributed by atoms with Crippen LogP contribution in [-0.4, -0.2) is 86.7 Å². The lowest BCUT2D eigenvalue weighted by molar-refractivity contribution is -0.126. The number of benzene rings is 2. The number of fused-ring (bicyclic) bond motifs is 5. The number of likely N-dealkylation sites (N-methyl/N-ethyl adjacent to an activating group) is 1. The fourth-order valence-electron chi connectivity index (χ4n) is 7.55. The van der Waals surface area contributed by atoms with Gasteiger partial charge in [-0.2, -0.15) is 12.7 Å². The Hall–Kier alpha value is -3.47. The van der Waals surface area contributed by atoms with Crippen molar-refractivity contribution in [2.24, 2.45) is 5.92 Å². The maximum absolute atomic E-state index is 14.2. The topological polar surface area (TPSA) is 95.0 Å². The number of nitrogens with zero attached hydrogens (tertiary/aromatic N) is 4. The number of likely N-dealkylation sites (tertiary alicyclic amines) is 1. The number of piperidine rings is 1. The third-order valence-electron chi connectivity index (χ3n) is 9.83. The second-order valence-electron chi connectivity index (χ2n) is 13.3. The molecule has 6 rings (SSSR count).